The molecule has 16 heavy (non-hydrogen) atoms. The van der Waals surface area contributed by atoms with Crippen LogP contribution in [0.4, 0.5) is 0 Å². The van der Waals surface area contributed by atoms with Crippen LogP contribution in [0.1, 0.15) is 29.8 Å². The zero-order chi connectivity index (χ0) is 12.1. The molecule has 0 aliphatic carbocycles. The van der Waals surface area contributed by atoms with Gasteiger partial charge in [-0.2, -0.15) is 0 Å². The molecule has 0 N–H and O–H groups in total. The topological polar surface area (TPSA) is 17.1 Å². The summed E-state index contributed by atoms with van der Waals surface area (Å²) in [5.74, 6) is 0.0228. The number of Topliss-reactive ketones (excluding diaryl/α,β-unsaturated/α-hetero) is 1. The van der Waals surface area contributed by atoms with Gasteiger partial charge >= 0.3 is 0 Å². The number of carbonyl (C=O) groups is 1. The van der Waals surface area contributed by atoms with Crippen LogP contribution in [0.5, 0.6) is 0 Å². The van der Waals surface area contributed by atoms with E-state index in [0.29, 0.717) is 5.56 Å². The third kappa shape index (κ3) is 3.29. The lowest BCUT2D eigenvalue weighted by atomic mass is 10.1. The Balaban J connectivity index is 3.17. The van der Waals surface area contributed by atoms with Gasteiger partial charge in [0.25, 0.3) is 0 Å². The van der Waals surface area contributed by atoms with Gasteiger partial charge in [0.15, 0.2) is 5.78 Å². The Labute approximate surface area is 107 Å². The van der Waals surface area contributed by atoms with E-state index >= 15 is 0 Å². The first-order valence-corrected chi connectivity index (χ1v) is 5.82. The fourth-order valence-corrected chi connectivity index (χ4v) is 2.02. The van der Waals surface area contributed by atoms with Crippen LogP contribution in [-0.2, 0) is 0 Å². The predicted octanol–water partition coefficient (Wildman–Crippen LogP) is 4.06. The number of thiol groups is 2. The van der Waals surface area contributed by atoms with Crippen molar-refractivity contribution in [1.82, 2.24) is 0 Å². The minimum Gasteiger partial charge on any atom is -0.295 e. The molecule has 1 aromatic carbocycles. The molecule has 0 aliphatic rings. The fraction of sp³-hybridized carbons (Fsp3) is 0.154. The maximum absolute atomic E-state index is 11.2. The molecule has 0 radical (unpaired) electrons. The summed E-state index contributed by atoms with van der Waals surface area (Å²) in [5, 5.41) is 0. The van der Waals surface area contributed by atoms with Crippen molar-refractivity contribution in [2.24, 2.45) is 0 Å². The molecule has 1 aromatic rings. The van der Waals surface area contributed by atoms with Crippen molar-refractivity contribution in [2.45, 2.75) is 23.6 Å². The zero-order valence-electron chi connectivity index (χ0n) is 9.27. The van der Waals surface area contributed by atoms with Gasteiger partial charge in [-0.05, 0) is 26.0 Å². The Morgan fingerprint density at radius 2 is 1.75 bits per heavy atom. The van der Waals surface area contributed by atoms with Crippen LogP contribution < -0.4 is 0 Å². The lowest BCUT2D eigenvalue weighted by molar-refractivity contribution is 0.101. The Hall–Kier alpha value is -0.930. The second-order valence-corrected chi connectivity index (χ2v) is 4.33. The SMILES string of the molecule is CC=CC=Cc1c(S)cc(C(C)=O)cc1S. The van der Waals surface area contributed by atoms with E-state index in [1.165, 1.54) is 6.92 Å². The maximum Gasteiger partial charge on any atom is 0.159 e. The van der Waals surface area contributed by atoms with Crippen LogP contribution in [0, 0.1) is 0 Å². The number of benzene rings is 1. The number of hydrogen-bond acceptors (Lipinski definition) is 3. The monoisotopic (exact) mass is 250 g/mol. The van der Waals surface area contributed by atoms with E-state index in [2.05, 4.69) is 25.3 Å². The molecule has 0 bridgehead atoms. The molecule has 0 spiro atoms. The maximum atomic E-state index is 11.2. The second-order valence-electron chi connectivity index (χ2n) is 3.37. The van der Waals surface area contributed by atoms with Crippen molar-refractivity contribution in [3.8, 4) is 0 Å². The number of rotatable bonds is 3. The van der Waals surface area contributed by atoms with Gasteiger partial charge in [0.1, 0.15) is 0 Å². The molecule has 0 fully saturated rings. The molecule has 84 valence electrons. The molecule has 0 atom stereocenters. The summed E-state index contributed by atoms with van der Waals surface area (Å²) >= 11 is 8.72. The molecular weight excluding hydrogens is 236 g/mol. The molecule has 0 saturated carbocycles. The van der Waals surface area contributed by atoms with E-state index in [0.717, 1.165) is 15.4 Å². The first kappa shape index (κ1) is 13.1. The molecule has 0 heterocycles. The lowest BCUT2D eigenvalue weighted by Crippen LogP contribution is -1.94. The molecule has 1 rings (SSSR count). The van der Waals surface area contributed by atoms with Crippen molar-refractivity contribution >= 4 is 37.1 Å². The van der Waals surface area contributed by atoms with Crippen LogP contribution >= 0.6 is 25.3 Å². The van der Waals surface area contributed by atoms with Crippen molar-refractivity contribution in [3.05, 3.63) is 41.5 Å². The van der Waals surface area contributed by atoms with Gasteiger partial charge in [-0.15, -0.1) is 25.3 Å². The molecule has 0 aliphatic heterocycles. The molecule has 0 saturated heterocycles. The van der Waals surface area contributed by atoms with Gasteiger partial charge in [0.2, 0.25) is 0 Å². The van der Waals surface area contributed by atoms with Crippen LogP contribution in [0.15, 0.2) is 40.2 Å². The number of allylic oxidation sites excluding steroid dienone is 3. The van der Waals surface area contributed by atoms with Gasteiger partial charge in [0.05, 0.1) is 0 Å². The van der Waals surface area contributed by atoms with Gasteiger partial charge in [-0.3, -0.25) is 4.79 Å². The van der Waals surface area contributed by atoms with Crippen LogP contribution in [-0.4, -0.2) is 5.78 Å². The van der Waals surface area contributed by atoms with Gasteiger partial charge in [-0.25, -0.2) is 0 Å². The average Bonchev–Trinajstić information content (AvgIpc) is 2.21. The average molecular weight is 250 g/mol. The smallest absolute Gasteiger partial charge is 0.159 e. The number of carbonyl (C=O) groups excluding carboxylic acids is 1. The highest BCUT2D eigenvalue weighted by Crippen LogP contribution is 2.25. The van der Waals surface area contributed by atoms with Crippen molar-refractivity contribution in [3.63, 3.8) is 0 Å². The van der Waals surface area contributed by atoms with E-state index in [4.69, 9.17) is 0 Å². The molecule has 1 nitrogen and oxygen atoms in total. The Morgan fingerprint density at radius 1 is 1.19 bits per heavy atom. The van der Waals surface area contributed by atoms with E-state index in [1.807, 2.05) is 31.2 Å². The quantitative estimate of drug-likeness (QED) is 0.470. The van der Waals surface area contributed by atoms with Crippen molar-refractivity contribution in [2.75, 3.05) is 0 Å². The standard InChI is InChI=1S/C13H14OS2/c1-3-4-5-6-11-12(15)7-10(9(2)14)8-13(11)16/h3-8,15-16H,1-2H3. The summed E-state index contributed by atoms with van der Waals surface area (Å²) in [5.41, 5.74) is 1.56. The van der Waals surface area contributed by atoms with Crippen molar-refractivity contribution in [1.29, 1.82) is 0 Å². The van der Waals surface area contributed by atoms with E-state index in [9.17, 15) is 4.79 Å². The Kier molecular flexibility index (Phi) is 4.90. The van der Waals surface area contributed by atoms with Gasteiger partial charge < -0.3 is 0 Å². The lowest BCUT2D eigenvalue weighted by Gasteiger charge is -2.06. The summed E-state index contributed by atoms with van der Waals surface area (Å²) in [6.07, 6.45) is 7.72. The van der Waals surface area contributed by atoms with Gasteiger partial charge in [0, 0.05) is 20.9 Å². The van der Waals surface area contributed by atoms with Gasteiger partial charge in [-0.1, -0.05) is 24.3 Å². The first-order valence-electron chi connectivity index (χ1n) is 4.92. The zero-order valence-corrected chi connectivity index (χ0v) is 11.1. The molecular formula is C13H14OS2. The third-order valence-electron chi connectivity index (χ3n) is 2.11. The normalized spacial score (nSPS) is 11.5. The highest BCUT2D eigenvalue weighted by atomic mass is 32.1. The second kappa shape index (κ2) is 5.97. The van der Waals surface area contributed by atoms with E-state index in [-0.39, 0.29) is 5.78 Å². The third-order valence-corrected chi connectivity index (χ3v) is 2.85. The molecule has 3 heteroatoms. The summed E-state index contributed by atoms with van der Waals surface area (Å²) in [4.78, 5) is 12.7. The van der Waals surface area contributed by atoms with Crippen LogP contribution in [0.2, 0.25) is 0 Å². The fourth-order valence-electron chi connectivity index (χ4n) is 1.26. The molecule has 0 amide bonds. The summed E-state index contributed by atoms with van der Waals surface area (Å²) in [6, 6.07) is 3.53. The number of ketones is 1. The van der Waals surface area contributed by atoms with E-state index in [1.54, 1.807) is 12.1 Å². The minimum atomic E-state index is 0.0228. The highest BCUT2D eigenvalue weighted by molar-refractivity contribution is 7.81. The van der Waals surface area contributed by atoms with Crippen LogP contribution in [0.3, 0.4) is 0 Å². The molecule has 0 unspecified atom stereocenters. The molecule has 0 aromatic heterocycles. The highest BCUT2D eigenvalue weighted by Gasteiger charge is 2.06. The largest absolute Gasteiger partial charge is 0.295 e. The van der Waals surface area contributed by atoms with Crippen LogP contribution in [0.25, 0.3) is 6.08 Å². The van der Waals surface area contributed by atoms with E-state index < -0.39 is 0 Å². The van der Waals surface area contributed by atoms with Crippen molar-refractivity contribution < 1.29 is 4.79 Å². The summed E-state index contributed by atoms with van der Waals surface area (Å²) in [7, 11) is 0. The Morgan fingerprint density at radius 3 is 2.19 bits per heavy atom. The first-order chi connectivity index (χ1) is 7.56. The summed E-state index contributed by atoms with van der Waals surface area (Å²) in [6.45, 7) is 3.48. The summed E-state index contributed by atoms with van der Waals surface area (Å²) < 4.78 is 0. The Bertz CT molecular complexity index is 436. The predicted molar refractivity (Wildman–Crippen MR) is 74.8 cm³/mol. The number of hydrogen-bond donors (Lipinski definition) is 2. The minimum absolute atomic E-state index is 0.0228.